The number of hydrogen-bond acceptors (Lipinski definition) is 6. The van der Waals surface area contributed by atoms with Gasteiger partial charge in [-0.25, -0.2) is 0 Å². The molecule has 4 rings (SSSR count). The van der Waals surface area contributed by atoms with Crippen molar-refractivity contribution in [2.45, 2.75) is 31.8 Å². The predicted molar refractivity (Wildman–Crippen MR) is 134 cm³/mol. The van der Waals surface area contributed by atoms with Crippen LogP contribution in [0.4, 0.5) is 0 Å². The normalized spacial score (nSPS) is 19.0. The number of carbonyl (C=O) groups is 1. The first kappa shape index (κ1) is 24.6. The summed E-state index contributed by atoms with van der Waals surface area (Å²) >= 11 is 0. The summed E-state index contributed by atoms with van der Waals surface area (Å²) in [6, 6.07) is 11.3. The minimum absolute atomic E-state index is 0.0328. The van der Waals surface area contributed by atoms with Crippen LogP contribution in [0.3, 0.4) is 0 Å². The molecule has 0 radical (unpaired) electrons. The first-order valence-electron chi connectivity index (χ1n) is 12.0. The van der Waals surface area contributed by atoms with Gasteiger partial charge in [0.15, 0.2) is 0 Å². The number of carboxylic acid groups (broad SMARTS) is 1. The molecular formula is C28H31N3O4. The Bertz CT molecular complexity index is 1210. The minimum atomic E-state index is -0.780. The third-order valence-corrected chi connectivity index (χ3v) is 6.78. The van der Waals surface area contributed by atoms with Gasteiger partial charge in [-0.2, -0.15) is 0 Å². The summed E-state index contributed by atoms with van der Waals surface area (Å²) < 4.78 is 5.34. The highest BCUT2D eigenvalue weighted by atomic mass is 16.5. The van der Waals surface area contributed by atoms with Gasteiger partial charge in [0, 0.05) is 42.5 Å². The van der Waals surface area contributed by atoms with Gasteiger partial charge in [0.1, 0.15) is 5.75 Å². The first-order valence-corrected chi connectivity index (χ1v) is 12.0. The lowest BCUT2D eigenvalue weighted by Crippen LogP contribution is -2.41. The maximum atomic E-state index is 11.6. The Morgan fingerprint density at radius 1 is 1.20 bits per heavy atom. The highest BCUT2D eigenvalue weighted by Gasteiger charge is 2.31. The van der Waals surface area contributed by atoms with Crippen molar-refractivity contribution in [1.82, 2.24) is 14.9 Å². The summed E-state index contributed by atoms with van der Waals surface area (Å²) in [6.07, 6.45) is 6.86. The molecule has 1 aliphatic heterocycles. The van der Waals surface area contributed by atoms with E-state index in [0.29, 0.717) is 19.5 Å². The second kappa shape index (κ2) is 11.8. The standard InChI is InChI=1S/C28H31N3O4/c1-35-23-5-6-26-25(18-23)24(10-14-30-26)27(32)7-4-21-11-16-31(19-22(21)17-28(33)34)15-2-3-20-8-12-29-13-9-20/h5-6,8-10,12-14,18,21-22,27,32H,4,7,11,15-17,19H2,1H3,(H,33,34)/t21-,22+,27?/m1/s1. The number of ether oxygens (including phenoxy) is 1. The number of methoxy groups -OCH3 is 1. The van der Waals surface area contributed by atoms with Crippen molar-refractivity contribution in [3.63, 3.8) is 0 Å². The van der Waals surface area contributed by atoms with Crippen LogP contribution in [0.2, 0.25) is 0 Å². The molecule has 3 heterocycles. The number of carboxylic acids is 1. The van der Waals surface area contributed by atoms with Crippen molar-refractivity contribution in [3.8, 4) is 17.6 Å². The van der Waals surface area contributed by atoms with E-state index in [1.165, 1.54) is 0 Å². The Labute approximate surface area is 205 Å². The summed E-state index contributed by atoms with van der Waals surface area (Å²) in [5.74, 6) is 6.57. The van der Waals surface area contributed by atoms with Gasteiger partial charge in [-0.05, 0) is 79.6 Å². The predicted octanol–water partition coefficient (Wildman–Crippen LogP) is 3.92. The van der Waals surface area contributed by atoms with Crippen LogP contribution in [0.15, 0.2) is 55.0 Å². The fraction of sp³-hybridized carbons (Fsp3) is 0.393. The number of rotatable bonds is 8. The zero-order valence-corrected chi connectivity index (χ0v) is 19.9. The van der Waals surface area contributed by atoms with Crippen LogP contribution in [-0.2, 0) is 4.79 Å². The van der Waals surface area contributed by atoms with Crippen molar-refractivity contribution in [2.24, 2.45) is 11.8 Å². The van der Waals surface area contributed by atoms with E-state index < -0.39 is 12.1 Å². The molecule has 1 saturated heterocycles. The smallest absolute Gasteiger partial charge is 0.303 e. The number of benzene rings is 1. The zero-order valence-electron chi connectivity index (χ0n) is 19.9. The van der Waals surface area contributed by atoms with Gasteiger partial charge in [0.05, 0.1) is 25.3 Å². The number of likely N-dealkylation sites (tertiary alicyclic amines) is 1. The maximum absolute atomic E-state index is 11.6. The van der Waals surface area contributed by atoms with E-state index in [0.717, 1.165) is 47.2 Å². The molecular weight excluding hydrogens is 442 g/mol. The number of nitrogens with zero attached hydrogens (tertiary/aromatic N) is 3. The summed E-state index contributed by atoms with van der Waals surface area (Å²) in [7, 11) is 1.62. The third-order valence-electron chi connectivity index (χ3n) is 6.78. The second-order valence-electron chi connectivity index (χ2n) is 9.06. The Morgan fingerprint density at radius 3 is 2.80 bits per heavy atom. The van der Waals surface area contributed by atoms with Gasteiger partial charge in [-0.3, -0.25) is 19.7 Å². The molecule has 182 valence electrons. The van der Waals surface area contributed by atoms with Crippen LogP contribution < -0.4 is 4.74 Å². The van der Waals surface area contributed by atoms with Crippen LogP contribution in [0.25, 0.3) is 10.9 Å². The molecule has 0 aliphatic carbocycles. The fourth-order valence-corrected chi connectivity index (χ4v) is 4.92. The van der Waals surface area contributed by atoms with Gasteiger partial charge in [-0.1, -0.05) is 11.8 Å². The molecule has 0 bridgehead atoms. The second-order valence-corrected chi connectivity index (χ2v) is 9.06. The van der Waals surface area contributed by atoms with E-state index in [-0.39, 0.29) is 18.3 Å². The lowest BCUT2D eigenvalue weighted by atomic mass is 9.79. The number of pyridine rings is 2. The van der Waals surface area contributed by atoms with Gasteiger partial charge < -0.3 is 14.9 Å². The Hall–Kier alpha value is -3.47. The molecule has 2 N–H and O–H groups in total. The van der Waals surface area contributed by atoms with Crippen molar-refractivity contribution < 1.29 is 19.7 Å². The molecule has 3 atom stereocenters. The van der Waals surface area contributed by atoms with Crippen molar-refractivity contribution in [2.75, 3.05) is 26.7 Å². The van der Waals surface area contributed by atoms with Crippen molar-refractivity contribution in [1.29, 1.82) is 0 Å². The lowest BCUT2D eigenvalue weighted by Gasteiger charge is -2.37. The lowest BCUT2D eigenvalue weighted by molar-refractivity contribution is -0.139. The molecule has 7 nitrogen and oxygen atoms in total. The molecule has 1 aliphatic rings. The van der Waals surface area contributed by atoms with Crippen LogP contribution in [0.1, 0.15) is 42.9 Å². The molecule has 1 aromatic carbocycles. The maximum Gasteiger partial charge on any atom is 0.303 e. The first-order chi connectivity index (χ1) is 17.0. The number of hydrogen-bond donors (Lipinski definition) is 2. The fourth-order valence-electron chi connectivity index (χ4n) is 4.92. The van der Waals surface area contributed by atoms with Gasteiger partial charge in [0.25, 0.3) is 0 Å². The molecule has 0 amide bonds. The van der Waals surface area contributed by atoms with E-state index in [1.54, 1.807) is 25.7 Å². The largest absolute Gasteiger partial charge is 0.497 e. The molecule has 35 heavy (non-hydrogen) atoms. The van der Waals surface area contributed by atoms with Crippen LogP contribution >= 0.6 is 0 Å². The SMILES string of the molecule is COc1ccc2nccc(C(O)CC[C@@H]3CCN(CC#Cc4ccncc4)C[C@@H]3CC(=O)O)c2c1. The van der Waals surface area contributed by atoms with Gasteiger partial charge in [-0.15, -0.1) is 0 Å². The number of fused-ring (bicyclic) bond motifs is 1. The molecule has 0 saturated carbocycles. The third kappa shape index (κ3) is 6.56. The number of piperidine rings is 1. The minimum Gasteiger partial charge on any atom is -0.497 e. The average molecular weight is 474 g/mol. The molecule has 2 aromatic heterocycles. The molecule has 1 unspecified atom stereocenters. The zero-order chi connectivity index (χ0) is 24.6. The number of aliphatic carboxylic acids is 1. The highest BCUT2D eigenvalue weighted by Crippen LogP contribution is 2.34. The average Bonchev–Trinajstić information content (AvgIpc) is 2.87. The summed E-state index contributed by atoms with van der Waals surface area (Å²) in [5, 5.41) is 21.4. The summed E-state index contributed by atoms with van der Waals surface area (Å²) in [4.78, 5) is 22.2. The Morgan fingerprint density at radius 2 is 2.03 bits per heavy atom. The quantitative estimate of drug-likeness (QED) is 0.479. The topological polar surface area (TPSA) is 95.8 Å². The van der Waals surface area contributed by atoms with E-state index in [9.17, 15) is 15.0 Å². The van der Waals surface area contributed by atoms with Crippen molar-refractivity contribution >= 4 is 16.9 Å². The van der Waals surface area contributed by atoms with E-state index in [1.807, 2.05) is 36.4 Å². The summed E-state index contributed by atoms with van der Waals surface area (Å²) in [5.41, 5.74) is 2.56. The number of aliphatic hydroxyl groups is 1. The van der Waals surface area contributed by atoms with Crippen LogP contribution in [0, 0.1) is 23.7 Å². The summed E-state index contributed by atoms with van der Waals surface area (Å²) in [6.45, 7) is 2.18. The molecule has 0 spiro atoms. The monoisotopic (exact) mass is 473 g/mol. The van der Waals surface area contributed by atoms with Crippen LogP contribution in [-0.4, -0.2) is 57.8 Å². The van der Waals surface area contributed by atoms with Crippen molar-refractivity contribution in [3.05, 3.63) is 66.1 Å². The number of aliphatic hydroxyl groups excluding tert-OH is 1. The number of aromatic nitrogens is 2. The van der Waals surface area contributed by atoms with E-state index in [2.05, 4.69) is 26.7 Å². The van der Waals surface area contributed by atoms with E-state index in [4.69, 9.17) is 4.74 Å². The van der Waals surface area contributed by atoms with Crippen LogP contribution in [0.5, 0.6) is 5.75 Å². The Kier molecular flexibility index (Phi) is 8.30. The van der Waals surface area contributed by atoms with Gasteiger partial charge >= 0.3 is 5.97 Å². The highest BCUT2D eigenvalue weighted by molar-refractivity contribution is 5.83. The Balaban J connectivity index is 1.39. The van der Waals surface area contributed by atoms with Gasteiger partial charge in [0.2, 0.25) is 0 Å². The molecule has 3 aromatic rings. The van der Waals surface area contributed by atoms with E-state index >= 15 is 0 Å². The molecule has 7 heteroatoms. The molecule has 1 fully saturated rings.